The molecule has 1 amide bonds. The molecule has 5 heteroatoms. The highest BCUT2D eigenvalue weighted by atomic mass is 16.4. The molecule has 0 aliphatic heterocycles. The highest BCUT2D eigenvalue weighted by Crippen LogP contribution is 2.14. The summed E-state index contributed by atoms with van der Waals surface area (Å²) in [4.78, 5) is 24.5. The van der Waals surface area contributed by atoms with E-state index >= 15 is 0 Å². The average molecular weight is 252 g/mol. The molecule has 0 fully saturated rings. The van der Waals surface area contributed by atoms with Gasteiger partial charge in [0.1, 0.15) is 12.2 Å². The molecule has 1 aromatic rings. The van der Waals surface area contributed by atoms with E-state index in [0.717, 1.165) is 0 Å². The van der Waals surface area contributed by atoms with Gasteiger partial charge in [-0.1, -0.05) is 0 Å². The molecule has 0 aromatic carbocycles. The SMILES string of the molecule is CC(C)N(CC(=O)O)C(=O)c1cccn1C(C)C. The number of aliphatic carboxylic acids is 1. The second-order valence-corrected chi connectivity index (χ2v) is 4.81. The van der Waals surface area contributed by atoms with E-state index in [1.807, 2.05) is 38.5 Å². The van der Waals surface area contributed by atoms with E-state index in [-0.39, 0.29) is 24.5 Å². The molecule has 0 aliphatic rings. The summed E-state index contributed by atoms with van der Waals surface area (Å²) in [5.74, 6) is -1.24. The lowest BCUT2D eigenvalue weighted by Gasteiger charge is -2.26. The molecule has 100 valence electrons. The molecule has 0 aliphatic carbocycles. The van der Waals surface area contributed by atoms with E-state index in [4.69, 9.17) is 5.11 Å². The molecule has 0 radical (unpaired) electrons. The minimum atomic E-state index is -1.00. The monoisotopic (exact) mass is 252 g/mol. The molecular weight excluding hydrogens is 232 g/mol. The van der Waals surface area contributed by atoms with Crippen LogP contribution in [0.15, 0.2) is 18.3 Å². The van der Waals surface area contributed by atoms with Gasteiger partial charge in [-0.2, -0.15) is 0 Å². The zero-order valence-electron chi connectivity index (χ0n) is 11.3. The minimum Gasteiger partial charge on any atom is -0.480 e. The van der Waals surface area contributed by atoms with Gasteiger partial charge >= 0.3 is 5.97 Å². The van der Waals surface area contributed by atoms with Crippen LogP contribution in [-0.4, -0.2) is 39.0 Å². The summed E-state index contributed by atoms with van der Waals surface area (Å²) in [5, 5.41) is 8.86. The lowest BCUT2D eigenvalue weighted by molar-refractivity contribution is -0.138. The van der Waals surface area contributed by atoms with Crippen LogP contribution >= 0.6 is 0 Å². The Balaban J connectivity index is 3.02. The molecule has 0 spiro atoms. The number of aromatic nitrogens is 1. The summed E-state index contributed by atoms with van der Waals surface area (Å²) in [6.45, 7) is 7.30. The van der Waals surface area contributed by atoms with Crippen LogP contribution in [0.25, 0.3) is 0 Å². The first kappa shape index (κ1) is 14.3. The molecule has 1 heterocycles. The van der Waals surface area contributed by atoms with Crippen molar-refractivity contribution < 1.29 is 14.7 Å². The summed E-state index contributed by atoms with van der Waals surface area (Å²) < 4.78 is 1.85. The first-order valence-corrected chi connectivity index (χ1v) is 6.04. The van der Waals surface area contributed by atoms with Gasteiger partial charge in [-0.15, -0.1) is 0 Å². The van der Waals surface area contributed by atoms with E-state index < -0.39 is 5.97 Å². The van der Waals surface area contributed by atoms with Crippen molar-refractivity contribution in [2.24, 2.45) is 0 Å². The maximum absolute atomic E-state index is 12.3. The smallest absolute Gasteiger partial charge is 0.323 e. The minimum absolute atomic E-state index is 0.149. The molecule has 1 aromatic heterocycles. The standard InChI is InChI=1S/C13H20N2O3/c1-9(2)14-7-5-6-11(14)13(18)15(10(3)4)8-12(16)17/h5-7,9-10H,8H2,1-4H3,(H,16,17). The molecule has 18 heavy (non-hydrogen) atoms. The van der Waals surface area contributed by atoms with Crippen LogP contribution in [0.1, 0.15) is 44.2 Å². The van der Waals surface area contributed by atoms with Crippen LogP contribution in [0.3, 0.4) is 0 Å². The first-order chi connectivity index (χ1) is 8.34. The van der Waals surface area contributed by atoms with Crippen LogP contribution in [0.5, 0.6) is 0 Å². The van der Waals surface area contributed by atoms with Gasteiger partial charge < -0.3 is 14.6 Å². The fourth-order valence-corrected chi connectivity index (χ4v) is 1.81. The number of hydrogen-bond acceptors (Lipinski definition) is 2. The summed E-state index contributed by atoms with van der Waals surface area (Å²) >= 11 is 0. The van der Waals surface area contributed by atoms with Crippen molar-refractivity contribution in [2.45, 2.75) is 39.8 Å². The van der Waals surface area contributed by atoms with Crippen LogP contribution in [0, 0.1) is 0 Å². The van der Waals surface area contributed by atoms with E-state index in [1.165, 1.54) is 4.90 Å². The van der Waals surface area contributed by atoms with Gasteiger partial charge in [0.05, 0.1) is 0 Å². The average Bonchev–Trinajstić information content (AvgIpc) is 2.73. The summed E-state index contributed by atoms with van der Waals surface area (Å²) in [6, 6.07) is 3.54. The van der Waals surface area contributed by atoms with Crippen molar-refractivity contribution in [3.63, 3.8) is 0 Å². The fourth-order valence-electron chi connectivity index (χ4n) is 1.81. The molecule has 5 nitrogen and oxygen atoms in total. The molecule has 0 saturated carbocycles. The first-order valence-electron chi connectivity index (χ1n) is 6.04. The topological polar surface area (TPSA) is 62.5 Å². The summed E-state index contributed by atoms with van der Waals surface area (Å²) in [6.07, 6.45) is 1.83. The van der Waals surface area contributed by atoms with Crippen molar-refractivity contribution in [1.82, 2.24) is 9.47 Å². The van der Waals surface area contributed by atoms with Gasteiger partial charge in [0.25, 0.3) is 5.91 Å². The van der Waals surface area contributed by atoms with Gasteiger partial charge in [0.15, 0.2) is 0 Å². The second-order valence-electron chi connectivity index (χ2n) is 4.81. The number of carboxylic acids is 1. The van der Waals surface area contributed by atoms with Gasteiger partial charge in [-0.05, 0) is 39.8 Å². The van der Waals surface area contributed by atoms with Crippen LogP contribution in [0.4, 0.5) is 0 Å². The third kappa shape index (κ3) is 3.12. The maximum Gasteiger partial charge on any atom is 0.323 e. The van der Waals surface area contributed by atoms with Crippen molar-refractivity contribution in [3.8, 4) is 0 Å². The predicted molar refractivity (Wildman–Crippen MR) is 68.6 cm³/mol. The molecule has 0 unspecified atom stereocenters. The quantitative estimate of drug-likeness (QED) is 0.871. The molecule has 1 N–H and O–H groups in total. The normalized spacial score (nSPS) is 11.0. The number of carboxylic acid groups (broad SMARTS) is 1. The van der Waals surface area contributed by atoms with E-state index in [9.17, 15) is 9.59 Å². The van der Waals surface area contributed by atoms with Gasteiger partial charge in [-0.3, -0.25) is 9.59 Å². The summed E-state index contributed by atoms with van der Waals surface area (Å²) in [5.41, 5.74) is 0.528. The number of hydrogen-bond donors (Lipinski definition) is 1. The third-order valence-electron chi connectivity index (χ3n) is 2.74. The largest absolute Gasteiger partial charge is 0.480 e. The Hall–Kier alpha value is -1.78. The van der Waals surface area contributed by atoms with E-state index in [2.05, 4.69) is 0 Å². The van der Waals surface area contributed by atoms with E-state index in [1.54, 1.807) is 12.1 Å². The van der Waals surface area contributed by atoms with Gasteiger partial charge in [0.2, 0.25) is 0 Å². The molecule has 0 saturated heterocycles. The Morgan fingerprint density at radius 2 is 1.94 bits per heavy atom. The Kier molecular flexibility index (Phi) is 4.53. The highest BCUT2D eigenvalue weighted by Gasteiger charge is 2.23. The fraction of sp³-hybridized carbons (Fsp3) is 0.538. The van der Waals surface area contributed by atoms with Crippen molar-refractivity contribution in [1.29, 1.82) is 0 Å². The zero-order chi connectivity index (χ0) is 13.9. The second kappa shape index (κ2) is 5.71. The number of carbonyl (C=O) groups excluding carboxylic acids is 1. The number of rotatable bonds is 5. The number of amides is 1. The van der Waals surface area contributed by atoms with E-state index in [0.29, 0.717) is 5.69 Å². The van der Waals surface area contributed by atoms with Gasteiger partial charge in [0, 0.05) is 18.3 Å². The van der Waals surface area contributed by atoms with Crippen LogP contribution < -0.4 is 0 Å². The Morgan fingerprint density at radius 1 is 1.33 bits per heavy atom. The number of carbonyl (C=O) groups is 2. The molecule has 0 bridgehead atoms. The van der Waals surface area contributed by atoms with Crippen molar-refractivity contribution in [3.05, 3.63) is 24.0 Å². The van der Waals surface area contributed by atoms with Crippen molar-refractivity contribution in [2.75, 3.05) is 6.54 Å². The third-order valence-corrected chi connectivity index (χ3v) is 2.74. The molecule has 1 rings (SSSR count). The molecular formula is C13H20N2O3. The summed E-state index contributed by atoms with van der Waals surface area (Å²) in [7, 11) is 0. The Morgan fingerprint density at radius 3 is 2.39 bits per heavy atom. The number of nitrogens with zero attached hydrogens (tertiary/aromatic N) is 2. The lowest BCUT2D eigenvalue weighted by atomic mass is 10.2. The maximum atomic E-state index is 12.3. The van der Waals surface area contributed by atoms with Crippen molar-refractivity contribution >= 4 is 11.9 Å². The van der Waals surface area contributed by atoms with Gasteiger partial charge in [-0.25, -0.2) is 0 Å². The zero-order valence-corrected chi connectivity index (χ0v) is 11.3. The Bertz CT molecular complexity index is 435. The highest BCUT2D eigenvalue weighted by molar-refractivity contribution is 5.94. The Labute approximate surface area is 107 Å². The molecule has 0 atom stereocenters. The van der Waals surface area contributed by atoms with Crippen LogP contribution in [-0.2, 0) is 4.79 Å². The van der Waals surface area contributed by atoms with Crippen LogP contribution in [0.2, 0.25) is 0 Å². The lowest BCUT2D eigenvalue weighted by Crippen LogP contribution is -2.41. The predicted octanol–water partition coefficient (Wildman–Crippen LogP) is 2.00.